The molecule has 2 rings (SSSR count). The highest BCUT2D eigenvalue weighted by Crippen LogP contribution is 2.30. The number of carbonyl (C=O) groups is 3. The van der Waals surface area contributed by atoms with Crippen molar-refractivity contribution in [1.82, 2.24) is 0 Å². The number of imide groups is 1. The van der Waals surface area contributed by atoms with Crippen molar-refractivity contribution in [2.75, 3.05) is 4.90 Å². The minimum atomic E-state index is -1.15. The topological polar surface area (TPSA) is 74.7 Å². The van der Waals surface area contributed by atoms with E-state index in [1.807, 2.05) is 22.6 Å². The molecule has 0 radical (unpaired) electrons. The second-order valence-corrected chi connectivity index (χ2v) is 5.38. The van der Waals surface area contributed by atoms with Crippen LogP contribution in [-0.4, -0.2) is 22.9 Å². The second kappa shape index (κ2) is 4.68. The first-order chi connectivity index (χ1) is 8.41. The molecule has 5 nitrogen and oxygen atoms in total. The lowest BCUT2D eigenvalue weighted by molar-refractivity contribution is -0.122. The van der Waals surface area contributed by atoms with Gasteiger partial charge in [-0.3, -0.25) is 9.59 Å². The van der Waals surface area contributed by atoms with Crippen LogP contribution in [0.15, 0.2) is 18.2 Å². The number of aromatic carboxylic acids is 1. The Morgan fingerprint density at radius 3 is 2.61 bits per heavy atom. The molecular weight excluding hydrogens is 349 g/mol. The maximum atomic E-state index is 11.9. The van der Waals surface area contributed by atoms with Crippen molar-refractivity contribution in [2.45, 2.75) is 13.3 Å². The van der Waals surface area contributed by atoms with Gasteiger partial charge >= 0.3 is 5.97 Å². The summed E-state index contributed by atoms with van der Waals surface area (Å²) in [5.74, 6) is -2.24. The van der Waals surface area contributed by atoms with Crippen LogP contribution in [-0.2, 0) is 9.59 Å². The Morgan fingerprint density at radius 2 is 2.11 bits per heavy atom. The Kier molecular flexibility index (Phi) is 3.38. The quantitative estimate of drug-likeness (QED) is 0.647. The van der Waals surface area contributed by atoms with Gasteiger partial charge in [0.15, 0.2) is 0 Å². The molecule has 1 heterocycles. The highest BCUT2D eigenvalue weighted by Gasteiger charge is 2.38. The van der Waals surface area contributed by atoms with Gasteiger partial charge in [0.1, 0.15) is 0 Å². The summed E-state index contributed by atoms with van der Waals surface area (Å²) in [5, 5.41) is 9.10. The van der Waals surface area contributed by atoms with Crippen molar-refractivity contribution < 1.29 is 19.5 Å². The molecule has 1 saturated heterocycles. The lowest BCUT2D eigenvalue weighted by atomic mass is 10.1. The zero-order chi connectivity index (χ0) is 13.4. The molecule has 1 aromatic rings. The number of halogens is 1. The molecular formula is C12H10INO4. The number of anilines is 1. The van der Waals surface area contributed by atoms with Crippen LogP contribution in [0.2, 0.25) is 0 Å². The van der Waals surface area contributed by atoms with Gasteiger partial charge in [-0.2, -0.15) is 0 Å². The number of carboxylic acids is 1. The van der Waals surface area contributed by atoms with Crippen molar-refractivity contribution >= 4 is 46.1 Å². The largest absolute Gasteiger partial charge is 0.478 e. The van der Waals surface area contributed by atoms with Crippen molar-refractivity contribution in [3.8, 4) is 0 Å². The second-order valence-electron chi connectivity index (χ2n) is 4.14. The average Bonchev–Trinajstić information content (AvgIpc) is 2.52. The number of amides is 2. The van der Waals surface area contributed by atoms with Crippen LogP contribution in [0, 0.1) is 9.49 Å². The smallest absolute Gasteiger partial charge is 0.337 e. The van der Waals surface area contributed by atoms with E-state index in [0.717, 1.165) is 8.47 Å². The zero-order valence-electron chi connectivity index (χ0n) is 9.51. The number of hydrogen-bond acceptors (Lipinski definition) is 3. The van der Waals surface area contributed by atoms with Crippen LogP contribution in [0.4, 0.5) is 5.69 Å². The third kappa shape index (κ3) is 2.12. The lowest BCUT2D eigenvalue weighted by Crippen LogP contribution is -2.31. The van der Waals surface area contributed by atoms with Crippen LogP contribution in [0.5, 0.6) is 0 Å². The van der Waals surface area contributed by atoms with Crippen molar-refractivity contribution in [1.29, 1.82) is 0 Å². The van der Waals surface area contributed by atoms with Gasteiger partial charge in [-0.25, -0.2) is 9.69 Å². The van der Waals surface area contributed by atoms with Gasteiger partial charge in [-0.1, -0.05) is 6.92 Å². The standard InChI is InChI=1S/C12H10INO4/c1-6-4-10(15)14(11(6)16)9-5-7(13)2-3-8(9)12(17)18/h2-3,5-6H,4H2,1H3,(H,17,18)/t6-/m0/s1. The summed E-state index contributed by atoms with van der Waals surface area (Å²) >= 11 is 2.01. The average molecular weight is 359 g/mol. The van der Waals surface area contributed by atoms with Gasteiger partial charge in [-0.15, -0.1) is 0 Å². The molecule has 1 aliphatic heterocycles. The number of carboxylic acid groups (broad SMARTS) is 1. The fourth-order valence-corrected chi connectivity index (χ4v) is 2.38. The SMILES string of the molecule is C[C@H]1CC(=O)N(c2cc(I)ccc2C(=O)O)C1=O. The van der Waals surface area contributed by atoms with E-state index in [0.29, 0.717) is 0 Å². The Labute approximate surface area is 117 Å². The van der Waals surface area contributed by atoms with E-state index in [9.17, 15) is 14.4 Å². The maximum absolute atomic E-state index is 11.9. The predicted octanol–water partition coefficient (Wildman–Crippen LogP) is 1.89. The molecule has 0 aromatic heterocycles. The number of rotatable bonds is 2. The fourth-order valence-electron chi connectivity index (χ4n) is 1.91. The number of carbonyl (C=O) groups excluding carboxylic acids is 2. The predicted molar refractivity (Wildman–Crippen MR) is 72.4 cm³/mol. The Balaban J connectivity index is 2.56. The first-order valence-electron chi connectivity index (χ1n) is 5.31. The third-order valence-corrected chi connectivity index (χ3v) is 3.47. The molecule has 6 heteroatoms. The minimum Gasteiger partial charge on any atom is -0.478 e. The number of nitrogens with zero attached hydrogens (tertiary/aromatic N) is 1. The summed E-state index contributed by atoms with van der Waals surface area (Å²) in [6.07, 6.45) is 0.128. The van der Waals surface area contributed by atoms with Crippen LogP contribution >= 0.6 is 22.6 Å². The maximum Gasteiger partial charge on any atom is 0.337 e. The molecule has 0 saturated carbocycles. The summed E-state index contributed by atoms with van der Waals surface area (Å²) in [6.45, 7) is 1.66. The first kappa shape index (κ1) is 13.0. The summed E-state index contributed by atoms with van der Waals surface area (Å²) in [7, 11) is 0. The highest BCUT2D eigenvalue weighted by atomic mass is 127. The van der Waals surface area contributed by atoms with Gasteiger partial charge in [0, 0.05) is 15.9 Å². The van der Waals surface area contributed by atoms with E-state index < -0.39 is 11.9 Å². The van der Waals surface area contributed by atoms with Gasteiger partial charge in [0.05, 0.1) is 11.3 Å². The van der Waals surface area contributed by atoms with Gasteiger partial charge in [0.25, 0.3) is 0 Å². The normalized spacial score (nSPS) is 19.4. The Bertz CT molecular complexity index is 555. The molecule has 94 valence electrons. The third-order valence-electron chi connectivity index (χ3n) is 2.80. The summed E-state index contributed by atoms with van der Waals surface area (Å²) in [4.78, 5) is 35.8. The fraction of sp³-hybridized carbons (Fsp3) is 0.250. The molecule has 2 amide bonds. The van der Waals surface area contributed by atoms with Crippen molar-refractivity contribution in [3.63, 3.8) is 0 Å². The number of benzene rings is 1. The van der Waals surface area contributed by atoms with E-state index in [2.05, 4.69) is 0 Å². The van der Waals surface area contributed by atoms with Crippen LogP contribution in [0.1, 0.15) is 23.7 Å². The minimum absolute atomic E-state index is 0.0359. The Hall–Kier alpha value is -1.44. The van der Waals surface area contributed by atoms with E-state index in [-0.39, 0.29) is 29.5 Å². The summed E-state index contributed by atoms with van der Waals surface area (Å²) in [5.41, 5.74) is 0.125. The molecule has 1 atom stereocenters. The van der Waals surface area contributed by atoms with E-state index in [4.69, 9.17) is 5.11 Å². The van der Waals surface area contributed by atoms with Gasteiger partial charge in [0.2, 0.25) is 11.8 Å². The molecule has 18 heavy (non-hydrogen) atoms. The molecule has 1 aliphatic rings. The van der Waals surface area contributed by atoms with Crippen LogP contribution in [0.25, 0.3) is 0 Å². The van der Waals surface area contributed by atoms with Crippen molar-refractivity contribution in [2.24, 2.45) is 5.92 Å². The summed E-state index contributed by atoms with van der Waals surface area (Å²) in [6, 6.07) is 4.57. The van der Waals surface area contributed by atoms with Gasteiger partial charge < -0.3 is 5.11 Å². The zero-order valence-corrected chi connectivity index (χ0v) is 11.7. The van der Waals surface area contributed by atoms with E-state index >= 15 is 0 Å². The highest BCUT2D eigenvalue weighted by molar-refractivity contribution is 14.1. The van der Waals surface area contributed by atoms with E-state index in [1.54, 1.807) is 13.0 Å². The van der Waals surface area contributed by atoms with Gasteiger partial charge in [-0.05, 0) is 40.8 Å². The molecule has 1 fully saturated rings. The van der Waals surface area contributed by atoms with Crippen LogP contribution < -0.4 is 4.90 Å². The molecule has 0 bridgehead atoms. The molecule has 1 aromatic carbocycles. The number of hydrogen-bond donors (Lipinski definition) is 1. The first-order valence-corrected chi connectivity index (χ1v) is 6.39. The summed E-state index contributed by atoms with van der Waals surface area (Å²) < 4.78 is 0.771. The monoisotopic (exact) mass is 359 g/mol. The van der Waals surface area contributed by atoms with E-state index in [1.165, 1.54) is 12.1 Å². The lowest BCUT2D eigenvalue weighted by Gasteiger charge is -2.17. The molecule has 0 spiro atoms. The van der Waals surface area contributed by atoms with Crippen LogP contribution in [0.3, 0.4) is 0 Å². The Morgan fingerprint density at radius 1 is 1.44 bits per heavy atom. The molecule has 0 aliphatic carbocycles. The molecule has 0 unspecified atom stereocenters. The molecule has 1 N–H and O–H groups in total. The van der Waals surface area contributed by atoms with Crippen molar-refractivity contribution in [3.05, 3.63) is 27.3 Å².